The van der Waals surface area contributed by atoms with Crippen molar-refractivity contribution >= 4 is 72.4 Å². The molecule has 0 aliphatic carbocycles. The SMILES string of the molecule is CCN1C(=O)/C(=C2\SC(C)=C(C)N2c2nccs2)S/C1=N/S(=O)(=O)c1cccs1. The minimum absolute atomic E-state index is 0.156. The van der Waals surface area contributed by atoms with Gasteiger partial charge in [0.15, 0.2) is 10.3 Å². The Kier molecular flexibility index (Phi) is 5.64. The molecule has 0 N–H and O–H groups in total. The van der Waals surface area contributed by atoms with Gasteiger partial charge in [-0.05, 0) is 44.0 Å². The van der Waals surface area contributed by atoms with Crippen LogP contribution < -0.4 is 4.90 Å². The second-order valence-electron chi connectivity index (χ2n) is 5.96. The molecular formula is C17H16N4O3S5. The number of thiazole rings is 1. The van der Waals surface area contributed by atoms with E-state index >= 15 is 0 Å². The summed E-state index contributed by atoms with van der Waals surface area (Å²) in [4.78, 5) is 22.4. The number of likely N-dealkylation sites (N-methyl/N-ethyl adjacent to an activating group) is 1. The van der Waals surface area contributed by atoms with Crippen LogP contribution in [0, 0.1) is 0 Å². The Morgan fingerprint density at radius 3 is 2.59 bits per heavy atom. The number of nitrogens with zero attached hydrogens (tertiary/aromatic N) is 4. The molecule has 0 atom stereocenters. The smallest absolute Gasteiger partial charge is 0.286 e. The lowest BCUT2D eigenvalue weighted by Crippen LogP contribution is -2.30. The number of anilines is 1. The van der Waals surface area contributed by atoms with Gasteiger partial charge in [0.2, 0.25) is 0 Å². The van der Waals surface area contributed by atoms with Gasteiger partial charge in [-0.15, -0.1) is 27.1 Å². The number of thiophene rings is 1. The van der Waals surface area contributed by atoms with E-state index in [0.717, 1.165) is 43.9 Å². The lowest BCUT2D eigenvalue weighted by Gasteiger charge is -2.19. The third kappa shape index (κ3) is 3.67. The fraction of sp³-hybridized carbons (Fsp3) is 0.235. The molecule has 2 aromatic heterocycles. The van der Waals surface area contributed by atoms with Crippen LogP contribution >= 0.6 is 46.2 Å². The Labute approximate surface area is 185 Å². The van der Waals surface area contributed by atoms with Gasteiger partial charge < -0.3 is 0 Å². The van der Waals surface area contributed by atoms with Gasteiger partial charge >= 0.3 is 0 Å². The molecule has 0 saturated carbocycles. The predicted molar refractivity (Wildman–Crippen MR) is 122 cm³/mol. The van der Waals surface area contributed by atoms with E-state index in [-0.39, 0.29) is 15.3 Å². The number of hydrogen-bond donors (Lipinski definition) is 0. The second-order valence-corrected chi connectivity index (χ2v) is 11.8. The number of allylic oxidation sites excluding steroid dienone is 2. The van der Waals surface area contributed by atoms with Crippen LogP contribution in [0.25, 0.3) is 0 Å². The van der Waals surface area contributed by atoms with Gasteiger partial charge in [-0.3, -0.25) is 14.6 Å². The zero-order chi connectivity index (χ0) is 20.8. The number of rotatable bonds is 4. The van der Waals surface area contributed by atoms with Gasteiger partial charge in [0, 0.05) is 28.7 Å². The van der Waals surface area contributed by atoms with Crippen molar-refractivity contribution in [3.63, 3.8) is 0 Å². The highest BCUT2D eigenvalue weighted by atomic mass is 32.2. The first-order chi connectivity index (χ1) is 13.8. The summed E-state index contributed by atoms with van der Waals surface area (Å²) in [5, 5.41) is 5.24. The van der Waals surface area contributed by atoms with Gasteiger partial charge in [0.25, 0.3) is 15.9 Å². The molecule has 7 nitrogen and oxygen atoms in total. The average Bonchev–Trinajstić information content (AvgIpc) is 3.45. The second kappa shape index (κ2) is 7.91. The Morgan fingerprint density at radius 1 is 1.17 bits per heavy atom. The molecule has 1 fully saturated rings. The normalized spacial score (nSPS) is 21.9. The molecule has 0 spiro atoms. The Hall–Kier alpha value is -1.60. The standard InChI is InChI=1S/C17H16N4O3S5/c1-4-20-14(22)13(28-17(20)19-29(23,24)12-6-5-8-25-12)15-21(10(2)11(3)27-15)16-18-7-9-26-16/h5-9H,4H2,1-3H3/b15-13+,19-17+. The molecule has 4 rings (SSSR count). The molecule has 2 aromatic rings. The Balaban J connectivity index is 1.78. The van der Waals surface area contributed by atoms with Gasteiger partial charge in [-0.1, -0.05) is 17.8 Å². The summed E-state index contributed by atoms with van der Waals surface area (Å²) in [6, 6.07) is 3.17. The zero-order valence-electron chi connectivity index (χ0n) is 15.6. The molecule has 29 heavy (non-hydrogen) atoms. The lowest BCUT2D eigenvalue weighted by atomic mass is 10.4. The molecule has 0 unspecified atom stereocenters. The number of thioether (sulfide) groups is 2. The number of amidine groups is 1. The van der Waals surface area contributed by atoms with Gasteiger partial charge in [0.1, 0.15) is 14.1 Å². The molecule has 12 heteroatoms. The highest BCUT2D eigenvalue weighted by molar-refractivity contribution is 8.20. The molecule has 1 saturated heterocycles. The van der Waals surface area contributed by atoms with Crippen LogP contribution in [0.5, 0.6) is 0 Å². The molecule has 1 amide bonds. The van der Waals surface area contributed by atoms with Crippen LogP contribution in [0.3, 0.4) is 0 Å². The number of sulfonamides is 1. The molecule has 0 radical (unpaired) electrons. The summed E-state index contributed by atoms with van der Waals surface area (Å²) in [5.74, 6) is -0.246. The van der Waals surface area contributed by atoms with Crippen molar-refractivity contribution < 1.29 is 13.2 Å². The first-order valence-corrected chi connectivity index (χ1v) is 13.3. The Morgan fingerprint density at radius 2 is 1.97 bits per heavy atom. The van der Waals surface area contributed by atoms with E-state index in [0.29, 0.717) is 11.4 Å². The van der Waals surface area contributed by atoms with Gasteiger partial charge in [-0.25, -0.2) is 4.98 Å². The number of amides is 1. The maximum Gasteiger partial charge on any atom is 0.294 e. The van der Waals surface area contributed by atoms with E-state index in [2.05, 4.69) is 9.38 Å². The van der Waals surface area contributed by atoms with Gasteiger partial charge in [0.05, 0.1) is 0 Å². The fourth-order valence-electron chi connectivity index (χ4n) is 2.72. The van der Waals surface area contributed by atoms with E-state index in [1.165, 1.54) is 34.1 Å². The third-order valence-corrected chi connectivity index (χ3v) is 10.1. The topological polar surface area (TPSA) is 82.9 Å². The van der Waals surface area contributed by atoms with E-state index in [4.69, 9.17) is 0 Å². The summed E-state index contributed by atoms with van der Waals surface area (Å²) >= 11 is 5.17. The van der Waals surface area contributed by atoms with Crippen molar-refractivity contribution in [1.29, 1.82) is 0 Å². The summed E-state index contributed by atoms with van der Waals surface area (Å²) < 4.78 is 29.4. The van der Waals surface area contributed by atoms with E-state index < -0.39 is 10.0 Å². The maximum atomic E-state index is 13.1. The summed E-state index contributed by atoms with van der Waals surface area (Å²) in [6.07, 6.45) is 1.72. The molecule has 2 aliphatic heterocycles. The highest BCUT2D eigenvalue weighted by Crippen LogP contribution is 2.49. The van der Waals surface area contributed by atoms with Crippen LogP contribution in [0.1, 0.15) is 20.8 Å². The molecule has 152 valence electrons. The molecule has 4 heterocycles. The number of hydrogen-bond acceptors (Lipinski definition) is 9. The fourth-order valence-corrected chi connectivity index (χ4v) is 7.93. The average molecular weight is 485 g/mol. The Bertz CT molecular complexity index is 1150. The largest absolute Gasteiger partial charge is 0.294 e. The zero-order valence-corrected chi connectivity index (χ0v) is 19.7. The van der Waals surface area contributed by atoms with Crippen LogP contribution in [0.15, 0.2) is 58.2 Å². The number of carbonyl (C=O) groups is 1. The van der Waals surface area contributed by atoms with Crippen LogP contribution in [0.4, 0.5) is 5.13 Å². The predicted octanol–water partition coefficient (Wildman–Crippen LogP) is 4.52. The minimum atomic E-state index is -3.86. The number of aromatic nitrogens is 1. The monoisotopic (exact) mass is 484 g/mol. The maximum absolute atomic E-state index is 13.1. The first kappa shape index (κ1) is 20.7. The van der Waals surface area contributed by atoms with Gasteiger partial charge in [-0.2, -0.15) is 8.42 Å². The molecule has 0 bridgehead atoms. The van der Waals surface area contributed by atoms with Crippen molar-refractivity contribution in [2.45, 2.75) is 25.0 Å². The minimum Gasteiger partial charge on any atom is -0.286 e. The number of carbonyl (C=O) groups excluding carboxylic acids is 1. The van der Waals surface area contributed by atoms with Crippen molar-refractivity contribution in [3.8, 4) is 0 Å². The lowest BCUT2D eigenvalue weighted by molar-refractivity contribution is -0.122. The van der Waals surface area contributed by atoms with Crippen LogP contribution in [0.2, 0.25) is 0 Å². The molecular weight excluding hydrogens is 469 g/mol. The summed E-state index contributed by atoms with van der Waals surface area (Å²) in [6.45, 7) is 6.10. The van der Waals surface area contributed by atoms with E-state index in [9.17, 15) is 13.2 Å². The first-order valence-electron chi connectivity index (χ1n) is 8.51. The van der Waals surface area contributed by atoms with Crippen molar-refractivity contribution in [1.82, 2.24) is 9.88 Å². The van der Waals surface area contributed by atoms with Crippen molar-refractivity contribution in [2.24, 2.45) is 4.40 Å². The third-order valence-electron chi connectivity index (χ3n) is 4.23. The van der Waals surface area contributed by atoms with Crippen molar-refractivity contribution in [2.75, 3.05) is 11.4 Å². The summed E-state index contributed by atoms with van der Waals surface area (Å²) in [5.41, 5.74) is 1.00. The summed E-state index contributed by atoms with van der Waals surface area (Å²) in [7, 11) is -3.86. The van der Waals surface area contributed by atoms with Crippen molar-refractivity contribution in [3.05, 3.63) is 49.6 Å². The van der Waals surface area contributed by atoms with Crippen LogP contribution in [-0.4, -0.2) is 35.9 Å². The molecule has 2 aliphatic rings. The molecule has 0 aromatic carbocycles. The van der Waals surface area contributed by atoms with Crippen LogP contribution in [-0.2, 0) is 14.8 Å². The quantitative estimate of drug-likeness (QED) is 0.590. The van der Waals surface area contributed by atoms with E-state index in [1.54, 1.807) is 24.6 Å². The van der Waals surface area contributed by atoms with E-state index in [1.807, 2.05) is 24.1 Å². The highest BCUT2D eigenvalue weighted by Gasteiger charge is 2.40.